The molecule has 2 fully saturated rings. The number of amides is 6. The number of nitrogens with one attached hydrogen (secondary N) is 2. The Bertz CT molecular complexity index is 4380. The van der Waals surface area contributed by atoms with Crippen molar-refractivity contribution >= 4 is 99.0 Å². The molecule has 1 unspecified atom stereocenters. The van der Waals surface area contributed by atoms with Crippen molar-refractivity contribution in [3.8, 4) is 22.6 Å². The van der Waals surface area contributed by atoms with Gasteiger partial charge in [0.25, 0.3) is 11.8 Å². The zero-order valence-electron chi connectivity index (χ0n) is 57.1. The number of carboxylic acid groups (broad SMARTS) is 1. The summed E-state index contributed by atoms with van der Waals surface area (Å²) >= 11 is 1.28. The number of likely N-dealkylation sites (tertiary alicyclic amines) is 1. The Labute approximate surface area is 587 Å². The number of imide groups is 1. The third-order valence-corrected chi connectivity index (χ3v) is 19.4. The van der Waals surface area contributed by atoms with Gasteiger partial charge in [0.1, 0.15) is 18.1 Å². The van der Waals surface area contributed by atoms with Gasteiger partial charge < -0.3 is 54.8 Å². The molecule has 6 amide bonds. The molecule has 26 nitrogen and oxygen atoms in total. The molecule has 5 atom stereocenters. The maximum atomic E-state index is 14.4. The number of benzene rings is 4. The van der Waals surface area contributed by atoms with Gasteiger partial charge in [0.05, 0.1) is 53.4 Å². The lowest BCUT2D eigenvalue weighted by Gasteiger charge is -2.31. The summed E-state index contributed by atoms with van der Waals surface area (Å²) in [6.45, 7) is 7.78. The largest absolute Gasteiger partial charge is 0.493 e. The lowest BCUT2D eigenvalue weighted by Crippen LogP contribution is -2.50. The Kier molecular flexibility index (Phi) is 23.4. The number of rotatable bonds is 31. The Balaban J connectivity index is 0.726. The molecule has 3 aliphatic heterocycles. The van der Waals surface area contributed by atoms with Crippen LogP contribution in [0.3, 0.4) is 0 Å². The highest BCUT2D eigenvalue weighted by Gasteiger charge is 2.47. The highest BCUT2D eigenvalue weighted by Crippen LogP contribution is 2.42. The van der Waals surface area contributed by atoms with Crippen molar-refractivity contribution in [2.24, 2.45) is 31.7 Å². The number of ketones is 3. The van der Waals surface area contributed by atoms with Crippen LogP contribution in [-0.2, 0) is 67.0 Å². The van der Waals surface area contributed by atoms with Crippen LogP contribution in [0.15, 0.2) is 122 Å². The summed E-state index contributed by atoms with van der Waals surface area (Å²) in [7, 11) is 4.78. The van der Waals surface area contributed by atoms with Crippen molar-refractivity contribution in [2.75, 3.05) is 49.8 Å². The van der Waals surface area contributed by atoms with Gasteiger partial charge in [-0.1, -0.05) is 74.5 Å². The third-order valence-electron chi connectivity index (χ3n) is 18.5. The average Bonchev–Trinajstić information content (AvgIpc) is 1.62. The maximum absolute atomic E-state index is 14.4. The van der Waals surface area contributed by atoms with Crippen molar-refractivity contribution in [2.45, 2.75) is 115 Å². The van der Waals surface area contributed by atoms with E-state index >= 15 is 0 Å². The smallest absolute Gasteiger partial charge is 0.416 e. The Morgan fingerprint density at radius 2 is 1.54 bits per heavy atom. The fraction of sp³-hybridized carbons (Fsp3) is 0.378. The Hall–Kier alpha value is -10.5. The van der Waals surface area contributed by atoms with E-state index in [4.69, 9.17) is 19.9 Å². The molecule has 2 saturated heterocycles. The van der Waals surface area contributed by atoms with Crippen LogP contribution in [0.4, 0.5) is 16.3 Å². The fourth-order valence-corrected chi connectivity index (χ4v) is 13.5. The lowest BCUT2D eigenvalue weighted by atomic mass is 9.88. The number of aryl methyl sites for hydroxylation is 2. The number of hydrogen-bond donors (Lipinski definition) is 5. The highest BCUT2D eigenvalue weighted by molar-refractivity contribution is 8.00. The van der Waals surface area contributed by atoms with Gasteiger partial charge in [-0.05, 0) is 109 Å². The van der Waals surface area contributed by atoms with Crippen LogP contribution < -0.4 is 30.7 Å². The zero-order valence-corrected chi connectivity index (χ0v) is 57.9. The number of thioether (sulfide) groups is 1. The minimum absolute atomic E-state index is 0.00440. The first-order valence-electron chi connectivity index (χ1n) is 33.3. The topological polar surface area (TPSA) is 343 Å². The molecule has 0 saturated carbocycles. The third kappa shape index (κ3) is 16.9. The van der Waals surface area contributed by atoms with Crippen molar-refractivity contribution in [3.05, 3.63) is 161 Å². The van der Waals surface area contributed by atoms with E-state index in [1.165, 1.54) is 63.4 Å². The number of nitrogens with two attached hydrogens (primary N) is 1. The number of carbonyl (C=O) groups excluding carboxylic acids is 10. The number of aliphatic hydroxyl groups is 1. The number of Topliss-reactive ketones (excluding diaryl/α,β-unsaturated/α-hetero) is 3. The van der Waals surface area contributed by atoms with Gasteiger partial charge in [-0.2, -0.15) is 11.8 Å². The van der Waals surface area contributed by atoms with Gasteiger partial charge >= 0.3 is 12.1 Å². The molecule has 6 heterocycles. The van der Waals surface area contributed by atoms with Gasteiger partial charge in [-0.15, -0.1) is 0 Å². The van der Waals surface area contributed by atoms with Gasteiger partial charge in [0, 0.05) is 107 Å². The summed E-state index contributed by atoms with van der Waals surface area (Å²) in [5, 5.41) is 27.2. The van der Waals surface area contributed by atoms with E-state index in [9.17, 15) is 63.0 Å². The van der Waals surface area contributed by atoms with Gasteiger partial charge in [-0.3, -0.25) is 52.6 Å². The second kappa shape index (κ2) is 32.2. The van der Waals surface area contributed by atoms with Crippen LogP contribution in [0.5, 0.6) is 11.5 Å². The van der Waals surface area contributed by atoms with Gasteiger partial charge in [0.15, 0.2) is 35.2 Å². The van der Waals surface area contributed by atoms with Gasteiger partial charge in [0.2, 0.25) is 29.4 Å². The number of ether oxygens (including phenoxy) is 3. The molecule has 101 heavy (non-hydrogen) atoms. The first-order chi connectivity index (χ1) is 48.3. The molecule has 530 valence electrons. The van der Waals surface area contributed by atoms with Crippen LogP contribution in [0.2, 0.25) is 0 Å². The molecule has 6 N–H and O–H groups in total. The van der Waals surface area contributed by atoms with E-state index in [1.54, 1.807) is 87.4 Å². The zero-order chi connectivity index (χ0) is 72.5. The summed E-state index contributed by atoms with van der Waals surface area (Å²) in [4.78, 5) is 155. The van der Waals surface area contributed by atoms with Crippen molar-refractivity contribution < 1.29 is 77.2 Å². The molecule has 3 aromatic heterocycles. The van der Waals surface area contributed by atoms with E-state index < -0.39 is 59.3 Å². The standard InChI is InChI=1S/C74H82N10O16S/c1-42(2)52(34-51(85)24-27-82-66(89)37-63(101-7)72(82)94)68(90)76-54(11-8-9-25-75)59(86)30-44-13-15-46(16-14-44)41-100-74(97)84-56-36-62(61(98-6)35-53(56)69(91)83-38-43(3)29-58(83)71(84)93)99-28-10-12-65(88)77-64-40-80(5)67(78-64)60(87)31-45-17-19-47(20-18-45)50-33-57(79(4)39-50)70(92)81-26-23-48-32-49(73(95)96)21-22-55(48)81/h13-23,26,32-33,35-36,39-40,42,52,54,58,63,71,93H,3,8-12,24-25,27-31,34,37-38,41,75H2,1-2,4-7H3,(H,76,90)(H,77,88)(H,95,96)/t52-,54-,58-,63?,71-/m0/s1. The molecule has 4 aromatic carbocycles. The molecule has 7 aromatic rings. The quantitative estimate of drug-likeness (QED) is 0.0119. The molecular weight excluding hydrogens is 1320 g/mol. The number of aromatic carboxylic acids is 1. The summed E-state index contributed by atoms with van der Waals surface area (Å²) in [6.07, 6.45) is 5.71. The van der Waals surface area contributed by atoms with Crippen molar-refractivity contribution in [3.63, 3.8) is 0 Å². The number of imidazole rings is 1. The number of fused-ring (bicyclic) bond motifs is 3. The SMILES string of the molecule is C=C1C[C@H]2[C@H](O)N(C(=O)OCc3ccc(CC(=O)[C@H](CCCCN)NC(=O)[C@@H](CC(=O)CCN4C(=O)CC(SC)C4=O)C(C)C)cc3)c3cc(OCCCC(=O)Nc4cn(C)c(C(=O)Cc5ccc(-c6cc(C(=O)n7ccc8cc(C(=O)O)ccc87)n(C)c6)cc5)n4)c(OC)cc3C(=O)N2C1. The normalized spacial score (nSPS) is 16.4. The molecule has 0 radical (unpaired) electrons. The summed E-state index contributed by atoms with van der Waals surface area (Å²) < 4.78 is 22.4. The number of anilines is 2. The minimum Gasteiger partial charge on any atom is -0.493 e. The van der Waals surface area contributed by atoms with Crippen LogP contribution in [0, 0.1) is 11.8 Å². The first-order valence-corrected chi connectivity index (χ1v) is 34.6. The lowest BCUT2D eigenvalue weighted by molar-refractivity contribution is -0.139. The van der Waals surface area contributed by atoms with E-state index in [-0.39, 0.29) is 159 Å². The second-order valence-electron chi connectivity index (χ2n) is 25.9. The Morgan fingerprint density at radius 1 is 0.822 bits per heavy atom. The van der Waals surface area contributed by atoms with Crippen LogP contribution in [0.1, 0.15) is 130 Å². The minimum atomic E-state index is -1.60. The van der Waals surface area contributed by atoms with Crippen molar-refractivity contribution in [1.82, 2.24) is 33.8 Å². The number of carboxylic acids is 1. The number of aliphatic hydroxyl groups excluding tert-OH is 1. The Morgan fingerprint density at radius 3 is 2.24 bits per heavy atom. The predicted molar refractivity (Wildman–Crippen MR) is 376 cm³/mol. The second-order valence-corrected chi connectivity index (χ2v) is 27.0. The molecule has 27 heteroatoms. The van der Waals surface area contributed by atoms with Crippen LogP contribution in [-0.4, -0.2) is 167 Å². The molecular formula is C74H82N10O16S. The molecule has 0 spiro atoms. The first kappa shape index (κ1) is 73.2. The number of carbonyl (C=O) groups is 11. The van der Waals surface area contributed by atoms with E-state index in [1.807, 2.05) is 30.5 Å². The van der Waals surface area contributed by atoms with Crippen LogP contribution in [0.25, 0.3) is 22.0 Å². The van der Waals surface area contributed by atoms with E-state index in [0.29, 0.717) is 64.7 Å². The van der Waals surface area contributed by atoms with Gasteiger partial charge in [-0.25, -0.2) is 19.5 Å². The summed E-state index contributed by atoms with van der Waals surface area (Å²) in [5.74, 6) is -4.80. The van der Waals surface area contributed by atoms with Crippen molar-refractivity contribution in [1.29, 1.82) is 0 Å². The fourth-order valence-electron chi connectivity index (χ4n) is 12.8. The monoisotopic (exact) mass is 1400 g/mol. The number of methoxy groups -OCH3 is 1. The van der Waals surface area contributed by atoms with E-state index in [0.717, 1.165) is 20.9 Å². The molecule has 10 rings (SSSR count). The number of hydrogen-bond acceptors (Lipinski definition) is 18. The predicted octanol–water partition coefficient (Wildman–Crippen LogP) is 8.08. The van der Waals surface area contributed by atoms with E-state index in [2.05, 4.69) is 22.2 Å². The molecule has 0 aliphatic carbocycles. The number of nitrogens with zero attached hydrogens (tertiary/aromatic N) is 7. The average molecular weight is 1400 g/mol. The molecule has 0 bridgehead atoms. The van der Waals surface area contributed by atoms with Crippen LogP contribution >= 0.6 is 11.8 Å². The number of aromatic nitrogens is 4. The number of unbranched alkanes of at least 4 members (excludes halogenated alkanes) is 1. The summed E-state index contributed by atoms with van der Waals surface area (Å²) in [5.41, 5.74) is 10.9. The maximum Gasteiger partial charge on any atom is 0.416 e. The molecule has 3 aliphatic rings. The highest BCUT2D eigenvalue weighted by atomic mass is 32.2. The summed E-state index contributed by atoms with van der Waals surface area (Å²) in [6, 6.07) is 23.1.